The van der Waals surface area contributed by atoms with Crippen molar-refractivity contribution in [1.29, 1.82) is 0 Å². The summed E-state index contributed by atoms with van der Waals surface area (Å²) in [5.41, 5.74) is 0. The molecule has 1 aromatic rings. The van der Waals surface area contributed by atoms with E-state index in [4.69, 9.17) is 0 Å². The number of thiophene rings is 1. The predicted molar refractivity (Wildman–Crippen MR) is 50.8 cm³/mol. The van der Waals surface area contributed by atoms with E-state index in [9.17, 15) is 0 Å². The van der Waals surface area contributed by atoms with Crippen molar-refractivity contribution in [2.75, 3.05) is 0 Å². The number of rotatable bonds is 1. The summed E-state index contributed by atoms with van der Waals surface area (Å²) in [5.74, 6) is 0. The van der Waals surface area contributed by atoms with Crippen LogP contribution in [0.25, 0.3) is 12.8 Å². The van der Waals surface area contributed by atoms with E-state index in [2.05, 4.69) is 34.2 Å². The van der Waals surface area contributed by atoms with Gasteiger partial charge in [0.15, 0.2) is 0 Å². The van der Waals surface area contributed by atoms with Crippen LogP contribution in [0.3, 0.4) is 0 Å². The van der Waals surface area contributed by atoms with E-state index in [1.807, 2.05) is 5.38 Å². The van der Waals surface area contributed by atoms with Crippen LogP contribution in [0.1, 0.15) is 0 Å². The fourth-order valence-electron chi connectivity index (χ4n) is 0.566. The quantitative estimate of drug-likeness (QED) is 0.628. The molecule has 0 spiro atoms. The summed E-state index contributed by atoms with van der Waals surface area (Å²) in [4.78, 5) is 3.65. The molecule has 3 heteroatoms. The predicted octanol–water partition coefficient (Wildman–Crippen LogP) is 1.36. The van der Waals surface area contributed by atoms with Gasteiger partial charge in [0.25, 0.3) is 0 Å². The maximum Gasteiger partial charge on any atom is 0.0531 e. The second kappa shape index (κ2) is 3.12. The van der Waals surface area contributed by atoms with Gasteiger partial charge in [0.2, 0.25) is 0 Å². The van der Waals surface area contributed by atoms with Crippen molar-refractivity contribution >= 4 is 46.8 Å². The summed E-state index contributed by atoms with van der Waals surface area (Å²) in [6.07, 6.45) is 1.71. The molecule has 10 heavy (non-hydrogen) atoms. The second-order valence-electron chi connectivity index (χ2n) is 1.74. The number of halogens is 1. The van der Waals surface area contributed by atoms with Gasteiger partial charge in [0.05, 0.1) is 4.53 Å². The van der Waals surface area contributed by atoms with E-state index in [1.54, 1.807) is 17.5 Å². The van der Waals surface area contributed by atoms with Gasteiger partial charge in [-0.25, -0.2) is 0 Å². The Balaban J connectivity index is 3.45. The minimum atomic E-state index is 0.984. The summed E-state index contributed by atoms with van der Waals surface area (Å²) in [5, 5.41) is 2.97. The molecular weight excluding hydrogens is 210 g/mol. The lowest BCUT2D eigenvalue weighted by molar-refractivity contribution is 1.64. The number of aliphatic imine (C=N–C) groups is 1. The standard InChI is InChI=1S/C7H6BrNS/c1-5-6(8)4-10-7(5)3-9-2/h3-4H,1-2H2/b7-3+. The van der Waals surface area contributed by atoms with Crippen LogP contribution in [0.2, 0.25) is 0 Å². The second-order valence-corrected chi connectivity index (χ2v) is 3.50. The van der Waals surface area contributed by atoms with Crippen LogP contribution >= 0.6 is 27.3 Å². The van der Waals surface area contributed by atoms with Crippen LogP contribution in [0, 0.1) is 0 Å². The van der Waals surface area contributed by atoms with Crippen LogP contribution < -0.4 is 9.75 Å². The third kappa shape index (κ3) is 1.36. The molecule has 1 nitrogen and oxygen atoms in total. The molecule has 0 bridgehead atoms. The molecule has 1 aromatic heterocycles. The van der Waals surface area contributed by atoms with E-state index < -0.39 is 0 Å². The molecule has 1 heterocycles. The zero-order valence-electron chi connectivity index (χ0n) is 5.30. The smallest absolute Gasteiger partial charge is 0.0531 e. The highest BCUT2D eigenvalue weighted by Gasteiger charge is 1.90. The lowest BCUT2D eigenvalue weighted by Crippen LogP contribution is -2.15. The summed E-state index contributed by atoms with van der Waals surface area (Å²) in [7, 11) is 0. The summed E-state index contributed by atoms with van der Waals surface area (Å²) in [6, 6.07) is 0. The van der Waals surface area contributed by atoms with E-state index in [0.717, 1.165) is 14.2 Å². The molecule has 0 saturated heterocycles. The average molecular weight is 216 g/mol. The van der Waals surface area contributed by atoms with Gasteiger partial charge < -0.3 is 0 Å². The van der Waals surface area contributed by atoms with Gasteiger partial charge in [-0.15, -0.1) is 11.3 Å². The van der Waals surface area contributed by atoms with Crippen LogP contribution in [0.4, 0.5) is 0 Å². The first-order valence-corrected chi connectivity index (χ1v) is 4.31. The lowest BCUT2D eigenvalue weighted by Gasteiger charge is -1.73. The third-order valence-corrected chi connectivity index (χ3v) is 3.05. The van der Waals surface area contributed by atoms with Crippen molar-refractivity contribution in [2.45, 2.75) is 0 Å². The van der Waals surface area contributed by atoms with Gasteiger partial charge in [0.1, 0.15) is 0 Å². The van der Waals surface area contributed by atoms with Crippen molar-refractivity contribution in [3.05, 3.63) is 19.6 Å². The molecule has 0 fully saturated rings. The number of nitrogens with zero attached hydrogens (tertiary/aromatic N) is 1. The van der Waals surface area contributed by atoms with Crippen molar-refractivity contribution < 1.29 is 0 Å². The minimum absolute atomic E-state index is 0.984. The maximum atomic E-state index is 3.84. The molecule has 0 aromatic carbocycles. The minimum Gasteiger partial charge on any atom is -0.271 e. The van der Waals surface area contributed by atoms with Crippen molar-refractivity contribution in [1.82, 2.24) is 0 Å². The SMILES string of the molecule is C=N/C=c1/scc(Br)c1=C. The lowest BCUT2D eigenvalue weighted by atomic mass is 10.5. The molecule has 0 amide bonds. The highest BCUT2D eigenvalue weighted by atomic mass is 79.9. The average Bonchev–Trinajstić information content (AvgIpc) is 2.20. The highest BCUT2D eigenvalue weighted by Crippen LogP contribution is 2.01. The molecule has 0 atom stereocenters. The summed E-state index contributed by atoms with van der Waals surface area (Å²) in [6.45, 7) is 7.21. The van der Waals surface area contributed by atoms with Crippen LogP contribution in [0.5, 0.6) is 0 Å². The number of hydrogen-bond acceptors (Lipinski definition) is 2. The van der Waals surface area contributed by atoms with E-state index in [1.165, 1.54) is 0 Å². The third-order valence-electron chi connectivity index (χ3n) is 1.08. The Kier molecular flexibility index (Phi) is 2.40. The van der Waals surface area contributed by atoms with Crippen molar-refractivity contribution in [2.24, 2.45) is 4.99 Å². The van der Waals surface area contributed by atoms with Gasteiger partial charge in [0, 0.05) is 21.3 Å². The highest BCUT2D eigenvalue weighted by molar-refractivity contribution is 9.10. The van der Waals surface area contributed by atoms with E-state index >= 15 is 0 Å². The van der Waals surface area contributed by atoms with Crippen molar-refractivity contribution in [3.8, 4) is 0 Å². The fraction of sp³-hybridized carbons (Fsp3) is 0. The Morgan fingerprint density at radius 2 is 2.40 bits per heavy atom. The molecule has 0 saturated carbocycles. The Morgan fingerprint density at radius 1 is 1.70 bits per heavy atom. The largest absolute Gasteiger partial charge is 0.271 e. The van der Waals surface area contributed by atoms with Crippen molar-refractivity contribution in [3.63, 3.8) is 0 Å². The molecule has 52 valence electrons. The molecule has 0 aliphatic rings. The van der Waals surface area contributed by atoms with Gasteiger partial charge >= 0.3 is 0 Å². The summed E-state index contributed by atoms with van der Waals surface area (Å²) < 4.78 is 2.09. The Morgan fingerprint density at radius 3 is 2.80 bits per heavy atom. The first-order valence-electron chi connectivity index (χ1n) is 2.63. The Labute approximate surface area is 71.6 Å². The Hall–Kier alpha value is -0.410. The molecule has 0 aliphatic carbocycles. The van der Waals surface area contributed by atoms with Gasteiger partial charge in [-0.05, 0) is 22.6 Å². The zero-order valence-corrected chi connectivity index (χ0v) is 7.70. The van der Waals surface area contributed by atoms with Gasteiger partial charge in [-0.1, -0.05) is 6.58 Å². The van der Waals surface area contributed by atoms with E-state index in [0.29, 0.717) is 0 Å². The van der Waals surface area contributed by atoms with Crippen LogP contribution in [-0.4, -0.2) is 6.72 Å². The van der Waals surface area contributed by atoms with Gasteiger partial charge in [-0.2, -0.15) is 0 Å². The van der Waals surface area contributed by atoms with Crippen LogP contribution in [-0.2, 0) is 0 Å². The molecule has 0 aliphatic heterocycles. The van der Waals surface area contributed by atoms with Crippen LogP contribution in [0.15, 0.2) is 14.8 Å². The molecule has 1 rings (SSSR count). The maximum absolute atomic E-state index is 3.84. The monoisotopic (exact) mass is 215 g/mol. The van der Waals surface area contributed by atoms with Gasteiger partial charge in [-0.3, -0.25) is 4.99 Å². The number of hydrogen-bond donors (Lipinski definition) is 0. The first-order chi connectivity index (χ1) is 4.75. The van der Waals surface area contributed by atoms with E-state index in [-0.39, 0.29) is 0 Å². The molecule has 0 radical (unpaired) electrons. The Bertz CT molecular complexity index is 339. The topological polar surface area (TPSA) is 12.4 Å². The summed E-state index contributed by atoms with van der Waals surface area (Å²) >= 11 is 4.95. The molecular formula is C7H6BrNS. The fourth-order valence-corrected chi connectivity index (χ4v) is 1.95. The first kappa shape index (κ1) is 7.69. The zero-order chi connectivity index (χ0) is 7.56. The normalized spacial score (nSPS) is 11.9. The molecule has 0 unspecified atom stereocenters. The molecule has 0 N–H and O–H groups in total.